The predicted octanol–water partition coefficient (Wildman–Crippen LogP) is 1.44. The van der Waals surface area contributed by atoms with E-state index in [1.165, 1.54) is 10.4 Å². The van der Waals surface area contributed by atoms with Gasteiger partial charge in [-0.3, -0.25) is 4.79 Å². The summed E-state index contributed by atoms with van der Waals surface area (Å²) in [7, 11) is -3.58. The van der Waals surface area contributed by atoms with Crippen molar-refractivity contribution in [2.24, 2.45) is 5.73 Å². The van der Waals surface area contributed by atoms with Gasteiger partial charge in [-0.25, -0.2) is 8.42 Å². The van der Waals surface area contributed by atoms with Gasteiger partial charge in [0.25, 0.3) is 0 Å². The summed E-state index contributed by atoms with van der Waals surface area (Å²) < 4.78 is 26.6. The van der Waals surface area contributed by atoms with Crippen LogP contribution in [0, 0.1) is 0 Å². The zero-order chi connectivity index (χ0) is 17.5. The lowest BCUT2D eigenvalue weighted by molar-refractivity contribution is -0.114. The van der Waals surface area contributed by atoms with E-state index in [2.05, 4.69) is 10.6 Å². The molecule has 0 radical (unpaired) electrons. The first-order valence-electron chi connectivity index (χ1n) is 7.78. The van der Waals surface area contributed by atoms with Crippen LogP contribution in [0.25, 0.3) is 0 Å². The summed E-state index contributed by atoms with van der Waals surface area (Å²) in [6.07, 6.45) is 0.907. The molecule has 0 aliphatic carbocycles. The minimum absolute atomic E-state index is 0.149. The van der Waals surface area contributed by atoms with E-state index in [4.69, 9.17) is 5.73 Å². The van der Waals surface area contributed by atoms with E-state index < -0.39 is 10.0 Å². The van der Waals surface area contributed by atoms with Crippen molar-refractivity contribution >= 4 is 27.3 Å². The number of sulfonamides is 1. The van der Waals surface area contributed by atoms with Crippen molar-refractivity contribution in [1.29, 1.82) is 0 Å². The second kappa shape index (κ2) is 8.85. The normalized spacial score (nSPS) is 11.5. The van der Waals surface area contributed by atoms with Crippen molar-refractivity contribution in [2.45, 2.75) is 32.1 Å². The molecule has 1 aromatic rings. The van der Waals surface area contributed by atoms with Gasteiger partial charge in [-0.1, -0.05) is 20.8 Å². The van der Waals surface area contributed by atoms with Gasteiger partial charge >= 0.3 is 0 Å². The van der Waals surface area contributed by atoms with Gasteiger partial charge in [0.15, 0.2) is 0 Å². The van der Waals surface area contributed by atoms with Crippen LogP contribution in [0.4, 0.5) is 11.4 Å². The van der Waals surface area contributed by atoms with Gasteiger partial charge in [-0.05, 0) is 24.6 Å². The average molecular weight is 342 g/mol. The first kappa shape index (κ1) is 19.4. The van der Waals surface area contributed by atoms with E-state index in [9.17, 15) is 13.2 Å². The summed E-state index contributed by atoms with van der Waals surface area (Å²) >= 11 is 0. The number of hydrogen-bond acceptors (Lipinski definition) is 5. The molecule has 0 aliphatic rings. The van der Waals surface area contributed by atoms with Crippen LogP contribution in [0.2, 0.25) is 0 Å². The lowest BCUT2D eigenvalue weighted by Crippen LogP contribution is -2.30. The number of hydrogen-bond donors (Lipinski definition) is 3. The van der Waals surface area contributed by atoms with Gasteiger partial charge in [0, 0.05) is 19.6 Å². The smallest absolute Gasteiger partial charge is 0.243 e. The number of nitrogens with zero attached hydrogens (tertiary/aromatic N) is 1. The van der Waals surface area contributed by atoms with Gasteiger partial charge in [0.05, 0.1) is 22.8 Å². The minimum Gasteiger partial charge on any atom is -0.383 e. The Morgan fingerprint density at radius 2 is 1.83 bits per heavy atom. The van der Waals surface area contributed by atoms with Gasteiger partial charge in [-0.15, -0.1) is 0 Å². The fraction of sp³-hybridized carbons (Fsp3) is 0.533. The highest BCUT2D eigenvalue weighted by Gasteiger charge is 2.22. The third-order valence-corrected chi connectivity index (χ3v) is 5.41. The molecule has 4 N–H and O–H groups in total. The average Bonchev–Trinajstić information content (AvgIpc) is 2.54. The summed E-state index contributed by atoms with van der Waals surface area (Å²) in [5.41, 5.74) is 6.42. The molecule has 0 unspecified atom stereocenters. The molecule has 0 atom stereocenters. The Balaban J connectivity index is 3.26. The van der Waals surface area contributed by atoms with Crippen LogP contribution in [-0.2, 0) is 14.8 Å². The number of carbonyl (C=O) groups is 1. The summed E-state index contributed by atoms with van der Waals surface area (Å²) in [5, 5.41) is 5.81. The maximum Gasteiger partial charge on any atom is 0.243 e. The fourth-order valence-electron chi connectivity index (χ4n) is 2.11. The SMILES string of the molecule is CCCNc1ccc(S(=O)(=O)N(CC)CC)cc1NC(=O)CN. The van der Waals surface area contributed by atoms with Gasteiger partial charge in [-0.2, -0.15) is 4.31 Å². The van der Waals surface area contributed by atoms with E-state index >= 15 is 0 Å². The molecular formula is C15H26N4O3S. The first-order valence-corrected chi connectivity index (χ1v) is 9.22. The van der Waals surface area contributed by atoms with Crippen molar-refractivity contribution < 1.29 is 13.2 Å². The molecule has 0 bridgehead atoms. The Morgan fingerprint density at radius 1 is 1.17 bits per heavy atom. The maximum atomic E-state index is 12.6. The molecule has 0 aromatic heterocycles. The highest BCUT2D eigenvalue weighted by atomic mass is 32.2. The molecule has 8 heteroatoms. The zero-order valence-corrected chi connectivity index (χ0v) is 14.7. The van der Waals surface area contributed by atoms with Gasteiger partial charge in [0.1, 0.15) is 0 Å². The quantitative estimate of drug-likeness (QED) is 0.630. The molecule has 1 aromatic carbocycles. The Labute approximate surface area is 138 Å². The van der Waals surface area contributed by atoms with Crippen LogP contribution >= 0.6 is 0 Å². The predicted molar refractivity (Wildman–Crippen MR) is 93.0 cm³/mol. The van der Waals surface area contributed by atoms with E-state index in [-0.39, 0.29) is 17.3 Å². The molecule has 0 aliphatic heterocycles. The summed E-state index contributed by atoms with van der Waals surface area (Å²) in [6.45, 7) is 6.92. The van der Waals surface area contributed by atoms with Crippen LogP contribution in [0.5, 0.6) is 0 Å². The molecule has 23 heavy (non-hydrogen) atoms. The van der Waals surface area contributed by atoms with Crippen LogP contribution < -0.4 is 16.4 Å². The van der Waals surface area contributed by atoms with Crippen LogP contribution in [0.3, 0.4) is 0 Å². The third-order valence-electron chi connectivity index (χ3n) is 3.36. The highest BCUT2D eigenvalue weighted by Crippen LogP contribution is 2.27. The molecule has 0 saturated heterocycles. The molecular weight excluding hydrogens is 316 g/mol. The molecule has 1 amide bonds. The monoisotopic (exact) mass is 342 g/mol. The number of anilines is 2. The molecule has 0 saturated carbocycles. The van der Waals surface area contributed by atoms with E-state index in [0.29, 0.717) is 31.0 Å². The lowest BCUT2D eigenvalue weighted by atomic mass is 10.2. The second-order valence-corrected chi connectivity index (χ2v) is 6.91. The molecule has 0 fully saturated rings. The zero-order valence-electron chi connectivity index (χ0n) is 13.9. The Hall–Kier alpha value is -1.64. The van der Waals surface area contributed by atoms with Crippen molar-refractivity contribution in [3.05, 3.63) is 18.2 Å². The standard InChI is InChI=1S/C15H26N4O3S/c1-4-9-17-13-8-7-12(10-14(13)18-15(20)11-16)23(21,22)19(5-2)6-3/h7-8,10,17H,4-6,9,11,16H2,1-3H3,(H,18,20). The molecule has 7 nitrogen and oxygen atoms in total. The van der Waals surface area contributed by atoms with Gasteiger partial charge < -0.3 is 16.4 Å². The molecule has 0 heterocycles. The third kappa shape index (κ3) is 4.92. The van der Waals surface area contributed by atoms with Crippen molar-refractivity contribution in [2.75, 3.05) is 36.8 Å². The summed E-state index contributed by atoms with van der Waals surface area (Å²) in [6, 6.07) is 4.68. The van der Waals surface area contributed by atoms with Crippen molar-refractivity contribution in [1.82, 2.24) is 4.31 Å². The second-order valence-electron chi connectivity index (χ2n) is 4.98. The Morgan fingerprint density at radius 3 is 2.35 bits per heavy atom. The summed E-state index contributed by atoms with van der Waals surface area (Å²) in [5.74, 6) is -0.373. The molecule has 130 valence electrons. The Bertz CT molecular complexity index is 628. The maximum absolute atomic E-state index is 12.6. The largest absolute Gasteiger partial charge is 0.383 e. The van der Waals surface area contributed by atoms with E-state index in [0.717, 1.165) is 6.42 Å². The number of benzene rings is 1. The highest BCUT2D eigenvalue weighted by molar-refractivity contribution is 7.89. The Kier molecular flexibility index (Phi) is 7.47. The van der Waals surface area contributed by atoms with Gasteiger partial charge in [0.2, 0.25) is 15.9 Å². The number of rotatable bonds is 9. The lowest BCUT2D eigenvalue weighted by Gasteiger charge is -2.20. The number of carbonyl (C=O) groups excluding carboxylic acids is 1. The van der Waals surface area contributed by atoms with E-state index in [1.54, 1.807) is 26.0 Å². The minimum atomic E-state index is -3.58. The first-order chi connectivity index (χ1) is 10.9. The van der Waals surface area contributed by atoms with E-state index in [1.807, 2.05) is 6.92 Å². The number of nitrogens with two attached hydrogens (primary N) is 1. The molecule has 1 rings (SSSR count). The summed E-state index contributed by atoms with van der Waals surface area (Å²) in [4.78, 5) is 11.7. The topological polar surface area (TPSA) is 105 Å². The van der Waals surface area contributed by atoms with Crippen molar-refractivity contribution in [3.63, 3.8) is 0 Å². The molecule has 0 spiro atoms. The fourth-order valence-corrected chi connectivity index (χ4v) is 3.60. The number of nitrogens with one attached hydrogen (secondary N) is 2. The number of amides is 1. The van der Waals surface area contributed by atoms with Crippen molar-refractivity contribution in [3.8, 4) is 0 Å². The van der Waals surface area contributed by atoms with Crippen LogP contribution in [0.1, 0.15) is 27.2 Å². The van der Waals surface area contributed by atoms with Crippen LogP contribution in [0.15, 0.2) is 23.1 Å². The van der Waals surface area contributed by atoms with Crippen LogP contribution in [-0.4, -0.2) is 44.8 Å².